The van der Waals surface area contributed by atoms with Crippen molar-refractivity contribution in [3.8, 4) is 0 Å². The molecule has 1 atom stereocenters. The average Bonchev–Trinajstić information content (AvgIpc) is 2.63. The van der Waals surface area contributed by atoms with Gasteiger partial charge in [0.25, 0.3) is 0 Å². The summed E-state index contributed by atoms with van der Waals surface area (Å²) >= 11 is 0. The molecule has 0 saturated carbocycles. The molecule has 0 spiro atoms. The van der Waals surface area contributed by atoms with E-state index in [0.717, 1.165) is 6.54 Å². The zero-order valence-electron chi connectivity index (χ0n) is 13.4. The maximum absolute atomic E-state index is 9.58. The van der Waals surface area contributed by atoms with Crippen LogP contribution in [-0.2, 0) is 12.1 Å². The number of aliphatic hydroxyl groups excluding tert-OH is 1. The van der Waals surface area contributed by atoms with Crippen LogP contribution >= 0.6 is 0 Å². The molecule has 0 amide bonds. The lowest BCUT2D eigenvalue weighted by Crippen LogP contribution is -2.43. The van der Waals surface area contributed by atoms with Gasteiger partial charge in [-0.2, -0.15) is 5.10 Å². The molecule has 1 heterocycles. The van der Waals surface area contributed by atoms with Crippen molar-refractivity contribution < 1.29 is 5.11 Å². The van der Waals surface area contributed by atoms with E-state index in [0.29, 0.717) is 0 Å². The van der Waals surface area contributed by atoms with Crippen LogP contribution in [0.2, 0.25) is 0 Å². The molecule has 1 aromatic rings. The van der Waals surface area contributed by atoms with Gasteiger partial charge in [0.15, 0.2) is 0 Å². The van der Waals surface area contributed by atoms with Gasteiger partial charge in [-0.25, -0.2) is 0 Å². The van der Waals surface area contributed by atoms with Gasteiger partial charge < -0.3 is 5.11 Å². The molecule has 0 radical (unpaired) electrons. The van der Waals surface area contributed by atoms with E-state index in [1.165, 1.54) is 5.56 Å². The van der Waals surface area contributed by atoms with Crippen LogP contribution in [0, 0.1) is 5.41 Å². The zero-order chi connectivity index (χ0) is 14.8. The Labute approximate surface area is 117 Å². The number of aromatic nitrogens is 2. The lowest BCUT2D eigenvalue weighted by molar-refractivity contribution is 0.0614. The highest BCUT2D eigenvalue weighted by Crippen LogP contribution is 2.24. The Balaban J connectivity index is 2.77. The Morgan fingerprint density at radius 2 is 1.84 bits per heavy atom. The van der Waals surface area contributed by atoms with Gasteiger partial charge in [-0.1, -0.05) is 20.8 Å². The van der Waals surface area contributed by atoms with E-state index in [4.69, 9.17) is 0 Å². The molecule has 0 saturated heterocycles. The number of likely N-dealkylation sites (N-methyl/N-ethyl adjacent to an activating group) is 1. The summed E-state index contributed by atoms with van der Waals surface area (Å²) < 4.78 is 1.99. The number of hydrogen-bond donors (Lipinski definition) is 1. The van der Waals surface area contributed by atoms with E-state index >= 15 is 0 Å². The lowest BCUT2D eigenvalue weighted by Gasteiger charge is -2.36. The van der Waals surface area contributed by atoms with Crippen molar-refractivity contribution in [3.63, 3.8) is 0 Å². The van der Waals surface area contributed by atoms with E-state index in [9.17, 15) is 5.11 Å². The summed E-state index contributed by atoms with van der Waals surface area (Å²) in [5.41, 5.74) is 1.25. The van der Waals surface area contributed by atoms with Gasteiger partial charge in [0.05, 0.1) is 18.3 Å². The quantitative estimate of drug-likeness (QED) is 0.911. The summed E-state index contributed by atoms with van der Waals surface area (Å²) in [5.74, 6) is 0. The topological polar surface area (TPSA) is 41.3 Å². The minimum atomic E-state index is 0.0111. The molecule has 0 aliphatic heterocycles. The summed E-state index contributed by atoms with van der Waals surface area (Å²) in [4.78, 5) is 2.20. The predicted octanol–water partition coefficient (Wildman–Crippen LogP) is 2.48. The first-order valence-electron chi connectivity index (χ1n) is 6.91. The van der Waals surface area contributed by atoms with Crippen molar-refractivity contribution in [1.82, 2.24) is 14.7 Å². The maximum atomic E-state index is 9.58. The van der Waals surface area contributed by atoms with Crippen LogP contribution in [-0.4, -0.2) is 39.5 Å². The Morgan fingerprint density at radius 3 is 2.21 bits per heavy atom. The van der Waals surface area contributed by atoms with Gasteiger partial charge in [0.2, 0.25) is 0 Å². The van der Waals surface area contributed by atoms with Crippen LogP contribution in [0.3, 0.4) is 0 Å². The molecular weight excluding hydrogens is 238 g/mol. The third-order valence-electron chi connectivity index (χ3n) is 3.46. The van der Waals surface area contributed by atoms with Crippen LogP contribution in [0.15, 0.2) is 12.4 Å². The number of aliphatic hydroxyl groups is 1. The second kappa shape index (κ2) is 5.63. The first-order valence-corrected chi connectivity index (χ1v) is 6.91. The van der Waals surface area contributed by atoms with Gasteiger partial charge in [0.1, 0.15) is 0 Å². The molecule has 0 aliphatic carbocycles. The second-order valence-electron chi connectivity index (χ2n) is 7.44. The minimum Gasteiger partial charge on any atom is -0.395 e. The number of nitrogens with zero attached hydrogens (tertiary/aromatic N) is 3. The lowest BCUT2D eigenvalue weighted by atomic mass is 9.86. The standard InChI is InChI=1S/C15H29N3O/c1-14(2,3)13(11-19)17(7)9-12-8-16-18(10-12)15(4,5)6/h8,10,13,19H,9,11H2,1-7H3. The average molecular weight is 267 g/mol. The minimum absolute atomic E-state index is 0.0111. The second-order valence-corrected chi connectivity index (χ2v) is 7.44. The van der Waals surface area contributed by atoms with Crippen LogP contribution < -0.4 is 0 Å². The first-order chi connectivity index (χ1) is 8.55. The Bertz CT molecular complexity index is 398. The summed E-state index contributed by atoms with van der Waals surface area (Å²) in [6.45, 7) is 13.9. The fraction of sp³-hybridized carbons (Fsp3) is 0.800. The summed E-state index contributed by atoms with van der Waals surface area (Å²) in [5, 5.41) is 14.0. The Kier molecular flexibility index (Phi) is 4.80. The van der Waals surface area contributed by atoms with Crippen molar-refractivity contribution in [1.29, 1.82) is 0 Å². The Morgan fingerprint density at radius 1 is 1.26 bits per heavy atom. The highest BCUT2D eigenvalue weighted by molar-refractivity contribution is 5.05. The molecule has 110 valence electrons. The van der Waals surface area contributed by atoms with Crippen molar-refractivity contribution in [2.75, 3.05) is 13.7 Å². The smallest absolute Gasteiger partial charge is 0.0591 e. The molecule has 0 aromatic carbocycles. The van der Waals surface area contributed by atoms with Gasteiger partial charge in [-0.3, -0.25) is 9.58 Å². The van der Waals surface area contributed by atoms with E-state index in [1.54, 1.807) is 0 Å². The van der Waals surface area contributed by atoms with E-state index in [-0.39, 0.29) is 23.6 Å². The van der Waals surface area contributed by atoms with Crippen LogP contribution in [0.5, 0.6) is 0 Å². The van der Waals surface area contributed by atoms with Crippen molar-refractivity contribution in [2.24, 2.45) is 5.41 Å². The molecule has 4 heteroatoms. The van der Waals surface area contributed by atoms with Crippen LogP contribution in [0.1, 0.15) is 47.1 Å². The molecule has 1 unspecified atom stereocenters. The third-order valence-corrected chi connectivity index (χ3v) is 3.46. The van der Waals surface area contributed by atoms with Gasteiger partial charge in [-0.05, 0) is 33.2 Å². The molecular formula is C15H29N3O. The summed E-state index contributed by atoms with van der Waals surface area (Å²) in [6.07, 6.45) is 4.01. The highest BCUT2D eigenvalue weighted by Gasteiger charge is 2.28. The monoisotopic (exact) mass is 267 g/mol. The van der Waals surface area contributed by atoms with Crippen molar-refractivity contribution >= 4 is 0 Å². The molecule has 1 rings (SSSR count). The predicted molar refractivity (Wildman–Crippen MR) is 79.0 cm³/mol. The molecule has 19 heavy (non-hydrogen) atoms. The molecule has 0 aliphatic rings. The first kappa shape index (κ1) is 16.2. The van der Waals surface area contributed by atoms with Crippen LogP contribution in [0.25, 0.3) is 0 Å². The van der Waals surface area contributed by atoms with Gasteiger partial charge in [0, 0.05) is 24.3 Å². The molecule has 0 fully saturated rings. The Hall–Kier alpha value is -0.870. The fourth-order valence-corrected chi connectivity index (χ4v) is 2.28. The zero-order valence-corrected chi connectivity index (χ0v) is 13.4. The van der Waals surface area contributed by atoms with E-state index in [1.807, 2.05) is 10.9 Å². The van der Waals surface area contributed by atoms with Gasteiger partial charge in [-0.15, -0.1) is 0 Å². The third kappa shape index (κ3) is 4.32. The van der Waals surface area contributed by atoms with E-state index in [2.05, 4.69) is 64.8 Å². The highest BCUT2D eigenvalue weighted by atomic mass is 16.3. The van der Waals surface area contributed by atoms with Crippen LogP contribution in [0.4, 0.5) is 0 Å². The number of hydrogen-bond acceptors (Lipinski definition) is 3. The summed E-state index contributed by atoms with van der Waals surface area (Å²) in [7, 11) is 2.06. The largest absolute Gasteiger partial charge is 0.395 e. The maximum Gasteiger partial charge on any atom is 0.0591 e. The van der Waals surface area contributed by atoms with E-state index < -0.39 is 0 Å². The molecule has 1 N–H and O–H groups in total. The van der Waals surface area contributed by atoms with Gasteiger partial charge >= 0.3 is 0 Å². The SMILES string of the molecule is CN(Cc1cnn(C(C)(C)C)c1)C(CO)C(C)(C)C. The van der Waals surface area contributed by atoms with Crippen molar-refractivity contribution in [2.45, 2.75) is 59.7 Å². The van der Waals surface area contributed by atoms with Crippen molar-refractivity contribution in [3.05, 3.63) is 18.0 Å². The normalized spacial score (nSPS) is 15.0. The molecule has 0 bridgehead atoms. The number of rotatable bonds is 4. The fourth-order valence-electron chi connectivity index (χ4n) is 2.28. The summed E-state index contributed by atoms with van der Waals surface area (Å²) in [6, 6.07) is 0.144. The molecule has 1 aromatic heterocycles. The molecule has 4 nitrogen and oxygen atoms in total.